The van der Waals surface area contributed by atoms with Gasteiger partial charge in [-0.15, -0.1) is 4.13 Å². The fraction of sp³-hybridized carbons (Fsp3) is 0.500. The van der Waals surface area contributed by atoms with Gasteiger partial charge in [-0.3, -0.25) is 0 Å². The predicted molar refractivity (Wildman–Crippen MR) is 176 cm³/mol. The van der Waals surface area contributed by atoms with Crippen LogP contribution in [0.5, 0.6) is 0 Å². The van der Waals surface area contributed by atoms with Crippen LogP contribution in [0.25, 0.3) is 0 Å². The van der Waals surface area contributed by atoms with E-state index in [9.17, 15) is 17.4 Å². The van der Waals surface area contributed by atoms with E-state index in [1.807, 2.05) is 0 Å². The first-order valence-electron chi connectivity index (χ1n) is 12.9. The van der Waals surface area contributed by atoms with Crippen LogP contribution in [-0.2, 0) is 19.7 Å². The Hall–Kier alpha value is -1.66. The molecular formula is C24H37ClIN7O4S2Si. The number of amides is 2. The highest BCUT2D eigenvalue weighted by atomic mass is 127. The van der Waals surface area contributed by atoms with Crippen LogP contribution < -0.4 is 20.5 Å². The maximum atomic E-state index is 14.3. The monoisotopic (exact) mass is 741 g/mol. The van der Waals surface area contributed by atoms with Crippen molar-refractivity contribution in [2.24, 2.45) is 0 Å². The van der Waals surface area contributed by atoms with Crippen molar-refractivity contribution in [3.63, 3.8) is 0 Å². The van der Waals surface area contributed by atoms with Gasteiger partial charge in [0, 0.05) is 50.2 Å². The lowest BCUT2D eigenvalue weighted by atomic mass is 10.3. The number of benzene rings is 1. The number of urea groups is 1. The highest BCUT2D eigenvalue weighted by Crippen LogP contribution is 2.23. The zero-order valence-electron chi connectivity index (χ0n) is 22.9. The third-order valence-corrected chi connectivity index (χ3v) is 13.5. The van der Waals surface area contributed by atoms with E-state index in [-0.39, 0.29) is 27.7 Å². The van der Waals surface area contributed by atoms with Crippen LogP contribution in [0.4, 0.5) is 22.0 Å². The molecule has 2 amide bonds. The van der Waals surface area contributed by atoms with E-state index >= 15 is 0 Å². The smallest absolute Gasteiger partial charge is 0.321 e. The molecule has 40 heavy (non-hydrogen) atoms. The van der Waals surface area contributed by atoms with Crippen molar-refractivity contribution in [3.8, 4) is 0 Å². The van der Waals surface area contributed by atoms with Crippen LogP contribution in [0.15, 0.2) is 29.3 Å². The zero-order valence-corrected chi connectivity index (χ0v) is 28.4. The Morgan fingerprint density at radius 3 is 2.58 bits per heavy atom. The van der Waals surface area contributed by atoms with Gasteiger partial charge in [-0.05, 0) is 89.5 Å². The van der Waals surface area contributed by atoms with Crippen molar-refractivity contribution in [1.29, 1.82) is 0 Å². The zero-order chi connectivity index (χ0) is 29.6. The number of hydrogen-bond acceptors (Lipinski definition) is 8. The average Bonchev–Trinajstić information content (AvgIpc) is 3.39. The number of likely N-dealkylation sites (tertiary alicyclic amines) is 1. The van der Waals surface area contributed by atoms with Crippen LogP contribution in [0.1, 0.15) is 25.7 Å². The first-order valence-corrected chi connectivity index (χ1v) is 21.4. The number of rotatable bonds is 12. The minimum Gasteiger partial charge on any atom is -0.399 e. The lowest BCUT2D eigenvalue weighted by Gasteiger charge is -2.20. The third-order valence-electron chi connectivity index (χ3n) is 6.04. The van der Waals surface area contributed by atoms with Gasteiger partial charge in [0.15, 0.2) is 0 Å². The fourth-order valence-electron chi connectivity index (χ4n) is 3.87. The van der Waals surface area contributed by atoms with Crippen molar-refractivity contribution in [2.45, 2.75) is 56.3 Å². The van der Waals surface area contributed by atoms with Gasteiger partial charge in [-0.1, -0.05) is 19.6 Å². The number of anilines is 3. The van der Waals surface area contributed by atoms with Crippen LogP contribution >= 0.6 is 34.2 Å². The molecule has 222 valence electrons. The van der Waals surface area contributed by atoms with Crippen molar-refractivity contribution < 1.29 is 17.4 Å². The van der Waals surface area contributed by atoms with E-state index in [4.69, 9.17) is 17.3 Å². The number of nitrogens with two attached hydrogens (primary N) is 1. The summed E-state index contributed by atoms with van der Waals surface area (Å²) in [7, 11) is -8.98. The number of unbranched alkanes of at least 4 members (excludes halogenated alkanes) is 1. The molecule has 5 N–H and O–H groups in total. The predicted octanol–water partition coefficient (Wildman–Crippen LogP) is 4.45. The van der Waals surface area contributed by atoms with Crippen LogP contribution in [0.2, 0.25) is 31.0 Å². The van der Waals surface area contributed by atoms with Gasteiger partial charge in [0.25, 0.3) is 0 Å². The molecule has 11 nitrogen and oxygen atoms in total. The molecule has 1 aliphatic rings. The SMILES string of the molecule is C[Si](C)(C)CCS(=O)(=O)NS(=O)(=CCCCNc1nc(Cl)ncc1I)c1cc(N)cc(NC(=O)N2CCCC2)c1. The molecule has 2 aromatic rings. The first kappa shape index (κ1) is 32.8. The molecule has 1 fully saturated rings. The quantitative estimate of drug-likeness (QED) is 0.0620. The number of nitrogen functional groups attached to an aromatic ring is 1. The van der Waals surface area contributed by atoms with E-state index in [2.05, 4.69) is 67.0 Å². The number of carbonyl (C=O) groups is 1. The Morgan fingerprint density at radius 1 is 1.20 bits per heavy atom. The molecule has 0 spiro atoms. The Morgan fingerprint density at radius 2 is 1.90 bits per heavy atom. The van der Waals surface area contributed by atoms with Crippen molar-refractivity contribution >= 4 is 90.6 Å². The molecule has 16 heteroatoms. The summed E-state index contributed by atoms with van der Waals surface area (Å²) in [4.78, 5) is 22.6. The number of nitrogens with zero attached hydrogens (tertiary/aromatic N) is 3. The maximum Gasteiger partial charge on any atom is 0.321 e. The summed E-state index contributed by atoms with van der Waals surface area (Å²) in [5, 5.41) is 7.59. The topological polar surface area (TPSA) is 159 Å². The molecule has 1 saturated heterocycles. The lowest BCUT2D eigenvalue weighted by molar-refractivity contribution is 0.222. The second-order valence-electron chi connectivity index (χ2n) is 10.8. The van der Waals surface area contributed by atoms with Gasteiger partial charge in [0.1, 0.15) is 5.82 Å². The minimum atomic E-state index is -3.89. The van der Waals surface area contributed by atoms with Crippen LogP contribution in [-0.4, -0.2) is 72.4 Å². The Balaban J connectivity index is 1.85. The maximum absolute atomic E-state index is 14.3. The number of hydrogen-bond donors (Lipinski definition) is 4. The van der Waals surface area contributed by atoms with Gasteiger partial charge >= 0.3 is 6.03 Å². The summed E-state index contributed by atoms with van der Waals surface area (Å²) in [5.41, 5.74) is 6.73. The first-order chi connectivity index (χ1) is 18.7. The summed E-state index contributed by atoms with van der Waals surface area (Å²) in [5.74, 6) is 0.464. The third kappa shape index (κ3) is 10.3. The Bertz CT molecular complexity index is 1440. The molecule has 0 saturated carbocycles. The van der Waals surface area contributed by atoms with E-state index in [0.29, 0.717) is 50.0 Å². The highest BCUT2D eigenvalue weighted by molar-refractivity contribution is 14.1. The van der Waals surface area contributed by atoms with Crippen LogP contribution in [0, 0.1) is 3.57 Å². The Labute approximate surface area is 256 Å². The molecule has 1 atom stereocenters. The molecule has 1 aliphatic heterocycles. The molecule has 2 heterocycles. The van der Waals surface area contributed by atoms with Gasteiger partial charge < -0.3 is 21.3 Å². The van der Waals surface area contributed by atoms with Crippen molar-refractivity contribution in [3.05, 3.63) is 33.2 Å². The van der Waals surface area contributed by atoms with Crippen molar-refractivity contribution in [1.82, 2.24) is 19.0 Å². The van der Waals surface area contributed by atoms with Gasteiger partial charge in [-0.25, -0.2) is 22.4 Å². The second-order valence-corrected chi connectivity index (χ2v) is 22.2. The summed E-state index contributed by atoms with van der Waals surface area (Å²) in [6, 6.07) is 4.82. The number of nitrogens with one attached hydrogen (secondary N) is 3. The van der Waals surface area contributed by atoms with Crippen molar-refractivity contribution in [2.75, 3.05) is 41.8 Å². The number of halogens is 2. The summed E-state index contributed by atoms with van der Waals surface area (Å²) >= 11 is 7.98. The normalized spacial score (nSPS) is 15.5. The Kier molecular flexibility index (Phi) is 11.5. The van der Waals surface area contributed by atoms with E-state index in [1.165, 1.54) is 17.5 Å². The molecular weight excluding hydrogens is 705 g/mol. The van der Waals surface area contributed by atoms with Gasteiger partial charge in [0.2, 0.25) is 15.3 Å². The average molecular weight is 742 g/mol. The van der Waals surface area contributed by atoms with Gasteiger partial charge in [0.05, 0.1) is 19.0 Å². The standard InChI is InChI=1S/C24H37ClIN7O4S2Si/c1-40(2,3)13-12-39(36,37)32-38(35,11-7-4-8-28-22-21(26)17-29-23(25)31-22)20-15-18(27)14-19(16-20)30-24(34)33-9-5-6-10-33/h11,14-17H,4-10,12-13,27H2,1-3H3,(H,30,34)(H,32,35)(H,28,29,31). The molecule has 3 rings (SSSR count). The van der Waals surface area contributed by atoms with Gasteiger partial charge in [-0.2, -0.15) is 4.98 Å². The molecule has 1 unspecified atom stereocenters. The summed E-state index contributed by atoms with van der Waals surface area (Å²) in [6.45, 7) is 8.05. The van der Waals surface area contributed by atoms with E-state index in [1.54, 1.807) is 17.2 Å². The summed E-state index contributed by atoms with van der Waals surface area (Å²) < 4.78 is 43.8. The molecule has 0 aliphatic carbocycles. The molecule has 1 aromatic carbocycles. The minimum absolute atomic E-state index is 0.122. The molecule has 0 bridgehead atoms. The largest absolute Gasteiger partial charge is 0.399 e. The van der Waals surface area contributed by atoms with E-state index in [0.717, 1.165) is 16.4 Å². The summed E-state index contributed by atoms with van der Waals surface area (Å²) in [6.07, 6.45) is 4.34. The van der Waals surface area contributed by atoms with E-state index < -0.39 is 27.8 Å². The second kappa shape index (κ2) is 14.0. The number of aromatic nitrogens is 2. The van der Waals surface area contributed by atoms with Crippen LogP contribution in [0.3, 0.4) is 0 Å². The fourth-order valence-corrected chi connectivity index (χ4v) is 11.8. The molecule has 1 aromatic heterocycles. The number of sulfonamides is 1. The number of carbonyl (C=O) groups excluding carboxylic acids is 1. The lowest BCUT2D eigenvalue weighted by Crippen LogP contribution is -2.36. The molecule has 0 radical (unpaired) electrons. The highest BCUT2D eigenvalue weighted by Gasteiger charge is 2.25.